The van der Waals surface area contributed by atoms with Gasteiger partial charge in [-0.15, -0.1) is 0 Å². The summed E-state index contributed by atoms with van der Waals surface area (Å²) < 4.78 is 0. The molecule has 0 bridgehead atoms. The number of hydrogen-bond acceptors (Lipinski definition) is 3. The van der Waals surface area contributed by atoms with E-state index in [0.717, 1.165) is 50.8 Å². The van der Waals surface area contributed by atoms with Gasteiger partial charge in [0.25, 0.3) is 0 Å². The van der Waals surface area contributed by atoms with Crippen LogP contribution in [0.2, 0.25) is 0 Å². The molecule has 3 nitrogen and oxygen atoms in total. The molecule has 2 aliphatic rings. The average molecular weight is 260 g/mol. The molecule has 0 heterocycles. The fourth-order valence-corrected chi connectivity index (χ4v) is 3.55. The molecule has 1 aromatic carbocycles. The van der Waals surface area contributed by atoms with Crippen molar-refractivity contribution in [2.24, 2.45) is 0 Å². The molecule has 19 heavy (non-hydrogen) atoms. The third-order valence-electron chi connectivity index (χ3n) is 4.71. The van der Waals surface area contributed by atoms with E-state index in [-0.39, 0.29) is 0 Å². The van der Waals surface area contributed by atoms with Crippen LogP contribution < -0.4 is 11.1 Å². The highest BCUT2D eigenvalue weighted by Crippen LogP contribution is 2.34. The van der Waals surface area contributed by atoms with Crippen molar-refractivity contribution in [3.05, 3.63) is 29.3 Å². The normalized spacial score (nSPS) is 25.2. The Morgan fingerprint density at radius 2 is 2.05 bits per heavy atom. The number of aryl methyl sites for hydroxylation is 1. The molecule has 1 fully saturated rings. The van der Waals surface area contributed by atoms with Crippen LogP contribution in [0, 0.1) is 0 Å². The van der Waals surface area contributed by atoms with E-state index in [1.54, 1.807) is 0 Å². The summed E-state index contributed by atoms with van der Waals surface area (Å²) in [5, 5.41) is 14.1. The third-order valence-corrected chi connectivity index (χ3v) is 4.71. The lowest BCUT2D eigenvalue weighted by atomic mass is 9.84. The van der Waals surface area contributed by atoms with Crippen LogP contribution in [0.3, 0.4) is 0 Å². The van der Waals surface area contributed by atoms with Crippen molar-refractivity contribution in [2.75, 3.05) is 12.3 Å². The number of aliphatic hydroxyl groups is 1. The zero-order valence-electron chi connectivity index (χ0n) is 11.5. The molecule has 1 aromatic rings. The summed E-state index contributed by atoms with van der Waals surface area (Å²) >= 11 is 0. The maximum absolute atomic E-state index is 10.5. The molecule has 1 unspecified atom stereocenters. The van der Waals surface area contributed by atoms with Gasteiger partial charge in [0.05, 0.1) is 5.60 Å². The van der Waals surface area contributed by atoms with Gasteiger partial charge in [-0.25, -0.2) is 0 Å². The Labute approximate surface area is 115 Å². The molecular formula is C16H24N2O. The molecule has 1 saturated carbocycles. The highest BCUT2D eigenvalue weighted by molar-refractivity contribution is 5.47. The Kier molecular flexibility index (Phi) is 3.50. The fourth-order valence-electron chi connectivity index (χ4n) is 3.55. The van der Waals surface area contributed by atoms with Gasteiger partial charge in [0.15, 0.2) is 0 Å². The minimum Gasteiger partial charge on any atom is -0.399 e. The van der Waals surface area contributed by atoms with E-state index in [1.807, 2.05) is 6.07 Å². The number of nitrogen functional groups attached to an aromatic ring is 1. The van der Waals surface area contributed by atoms with E-state index in [4.69, 9.17) is 5.73 Å². The maximum Gasteiger partial charge on any atom is 0.0771 e. The molecular weight excluding hydrogens is 236 g/mol. The molecule has 0 spiro atoms. The first kappa shape index (κ1) is 12.9. The summed E-state index contributed by atoms with van der Waals surface area (Å²) in [6.07, 6.45) is 7.70. The van der Waals surface area contributed by atoms with Gasteiger partial charge in [-0.2, -0.15) is 0 Å². The van der Waals surface area contributed by atoms with Gasteiger partial charge in [0, 0.05) is 18.3 Å². The second kappa shape index (κ2) is 5.14. The zero-order chi connectivity index (χ0) is 13.3. The molecule has 3 rings (SSSR count). The van der Waals surface area contributed by atoms with Gasteiger partial charge in [0.2, 0.25) is 0 Å². The lowest BCUT2D eigenvalue weighted by Crippen LogP contribution is -2.43. The number of nitrogens with one attached hydrogen (secondary N) is 1. The van der Waals surface area contributed by atoms with Gasteiger partial charge in [-0.05, 0) is 48.9 Å². The standard InChI is InChI=1S/C16H24N2O/c17-13-5-6-14-12(10-13)4-7-15(14)18-11-16(19)8-2-1-3-9-16/h5-6,10,15,18-19H,1-4,7-9,11,17H2. The van der Waals surface area contributed by atoms with Gasteiger partial charge < -0.3 is 16.2 Å². The Morgan fingerprint density at radius 3 is 2.84 bits per heavy atom. The summed E-state index contributed by atoms with van der Waals surface area (Å²) in [4.78, 5) is 0. The van der Waals surface area contributed by atoms with Gasteiger partial charge in [-0.3, -0.25) is 0 Å². The number of rotatable bonds is 3. The predicted octanol–water partition coefficient (Wildman–Crippen LogP) is 2.54. The van der Waals surface area contributed by atoms with E-state index in [2.05, 4.69) is 17.4 Å². The second-order valence-corrected chi connectivity index (χ2v) is 6.22. The SMILES string of the molecule is Nc1ccc2c(c1)CCC2NCC1(O)CCCCC1. The van der Waals surface area contributed by atoms with Gasteiger partial charge in [0.1, 0.15) is 0 Å². The number of benzene rings is 1. The average Bonchev–Trinajstić information content (AvgIpc) is 2.79. The predicted molar refractivity (Wildman–Crippen MR) is 78.0 cm³/mol. The number of nitrogens with two attached hydrogens (primary N) is 1. The first-order valence-corrected chi connectivity index (χ1v) is 7.50. The van der Waals surface area contributed by atoms with Crippen LogP contribution in [0.25, 0.3) is 0 Å². The molecule has 0 radical (unpaired) electrons. The summed E-state index contributed by atoms with van der Waals surface area (Å²) in [5.74, 6) is 0. The van der Waals surface area contributed by atoms with Crippen LogP contribution in [0.4, 0.5) is 5.69 Å². The fraction of sp³-hybridized carbons (Fsp3) is 0.625. The maximum atomic E-state index is 10.5. The molecule has 0 aromatic heterocycles. The lowest BCUT2D eigenvalue weighted by molar-refractivity contribution is 0.00262. The monoisotopic (exact) mass is 260 g/mol. The van der Waals surface area contributed by atoms with Crippen LogP contribution in [-0.4, -0.2) is 17.3 Å². The lowest BCUT2D eigenvalue weighted by Gasteiger charge is -2.33. The van der Waals surface area contributed by atoms with Crippen molar-refractivity contribution in [1.82, 2.24) is 5.32 Å². The number of anilines is 1. The van der Waals surface area contributed by atoms with Crippen LogP contribution in [0.15, 0.2) is 18.2 Å². The van der Waals surface area contributed by atoms with Crippen molar-refractivity contribution >= 4 is 5.69 Å². The molecule has 0 saturated heterocycles. The first-order valence-electron chi connectivity index (χ1n) is 7.50. The Morgan fingerprint density at radius 1 is 1.26 bits per heavy atom. The van der Waals surface area contributed by atoms with Crippen molar-refractivity contribution < 1.29 is 5.11 Å². The van der Waals surface area contributed by atoms with Crippen molar-refractivity contribution in [1.29, 1.82) is 0 Å². The molecule has 4 N–H and O–H groups in total. The van der Waals surface area contributed by atoms with E-state index >= 15 is 0 Å². The largest absolute Gasteiger partial charge is 0.399 e. The van der Waals surface area contributed by atoms with Gasteiger partial charge >= 0.3 is 0 Å². The van der Waals surface area contributed by atoms with E-state index in [0.29, 0.717) is 6.04 Å². The van der Waals surface area contributed by atoms with Crippen molar-refractivity contribution in [3.8, 4) is 0 Å². The van der Waals surface area contributed by atoms with E-state index in [9.17, 15) is 5.11 Å². The molecule has 0 amide bonds. The van der Waals surface area contributed by atoms with Crippen LogP contribution >= 0.6 is 0 Å². The minimum atomic E-state index is -0.477. The third kappa shape index (κ3) is 2.77. The van der Waals surface area contributed by atoms with Crippen LogP contribution in [0.1, 0.15) is 55.7 Å². The van der Waals surface area contributed by atoms with Gasteiger partial charge in [-0.1, -0.05) is 25.3 Å². The zero-order valence-corrected chi connectivity index (χ0v) is 11.5. The highest BCUT2D eigenvalue weighted by Gasteiger charge is 2.31. The van der Waals surface area contributed by atoms with Crippen molar-refractivity contribution in [2.45, 2.75) is 56.6 Å². The quantitative estimate of drug-likeness (QED) is 0.732. The molecule has 104 valence electrons. The topological polar surface area (TPSA) is 58.3 Å². The van der Waals surface area contributed by atoms with Crippen LogP contribution in [0.5, 0.6) is 0 Å². The van der Waals surface area contributed by atoms with Crippen LogP contribution in [-0.2, 0) is 6.42 Å². The molecule has 1 atom stereocenters. The Bertz CT molecular complexity index is 452. The summed E-state index contributed by atoms with van der Waals surface area (Å²) in [6, 6.07) is 6.60. The smallest absolute Gasteiger partial charge is 0.0771 e. The number of hydrogen-bond donors (Lipinski definition) is 3. The highest BCUT2D eigenvalue weighted by atomic mass is 16.3. The first-order chi connectivity index (χ1) is 9.16. The number of fused-ring (bicyclic) bond motifs is 1. The second-order valence-electron chi connectivity index (χ2n) is 6.22. The minimum absolute atomic E-state index is 0.390. The summed E-state index contributed by atoms with van der Waals surface area (Å²) in [7, 11) is 0. The Balaban J connectivity index is 1.63. The summed E-state index contributed by atoms with van der Waals surface area (Å²) in [6.45, 7) is 0.724. The summed E-state index contributed by atoms with van der Waals surface area (Å²) in [5.41, 5.74) is 8.94. The van der Waals surface area contributed by atoms with E-state index < -0.39 is 5.60 Å². The Hall–Kier alpha value is -1.06. The van der Waals surface area contributed by atoms with E-state index in [1.165, 1.54) is 17.5 Å². The molecule has 2 aliphatic carbocycles. The molecule has 3 heteroatoms. The molecule has 0 aliphatic heterocycles. The van der Waals surface area contributed by atoms with Crippen molar-refractivity contribution in [3.63, 3.8) is 0 Å².